The molecule has 0 aliphatic carbocycles. The highest BCUT2D eigenvalue weighted by atomic mass is 32.2. The largest absolute Gasteiger partial charge is 0.501 e. The van der Waals surface area contributed by atoms with E-state index in [9.17, 15) is 18.8 Å². The number of aryl methyl sites for hydroxylation is 2. The van der Waals surface area contributed by atoms with Gasteiger partial charge in [-0.05, 0) is 54.2 Å². The Morgan fingerprint density at radius 2 is 1.97 bits per heavy atom. The van der Waals surface area contributed by atoms with E-state index in [1.165, 1.54) is 40.5 Å². The maximum absolute atomic E-state index is 14.0. The fraction of sp³-hybridized carbons (Fsp3) is 0.250. The second-order valence-corrected chi connectivity index (χ2v) is 8.87. The van der Waals surface area contributed by atoms with E-state index in [0.717, 1.165) is 22.8 Å². The minimum atomic E-state index is -0.612. The molecular formula is C24H23FN3O4S+. The molecule has 0 bridgehead atoms. The maximum atomic E-state index is 14.0. The predicted molar refractivity (Wildman–Crippen MR) is 124 cm³/mol. The molecule has 1 atom stereocenters. The van der Waals surface area contributed by atoms with Crippen LogP contribution in [0.5, 0.6) is 5.75 Å². The Morgan fingerprint density at radius 1 is 1.18 bits per heavy atom. The summed E-state index contributed by atoms with van der Waals surface area (Å²) in [7, 11) is 1.35. The molecular weight excluding hydrogens is 445 g/mol. The van der Waals surface area contributed by atoms with Crippen molar-refractivity contribution in [2.45, 2.75) is 25.6 Å². The summed E-state index contributed by atoms with van der Waals surface area (Å²) < 4.78 is 20.1. The van der Waals surface area contributed by atoms with E-state index in [2.05, 4.69) is 5.32 Å². The van der Waals surface area contributed by atoms with Crippen molar-refractivity contribution in [2.75, 3.05) is 19.0 Å². The Hall–Kier alpha value is -3.46. The third kappa shape index (κ3) is 4.54. The number of allylic oxidation sites excluding steroid dienone is 1. The van der Waals surface area contributed by atoms with Gasteiger partial charge in [-0.3, -0.25) is 4.79 Å². The second-order valence-electron chi connectivity index (χ2n) is 7.85. The third-order valence-corrected chi connectivity index (χ3v) is 6.64. The second kappa shape index (κ2) is 9.19. The van der Waals surface area contributed by atoms with E-state index in [0.29, 0.717) is 5.71 Å². The molecule has 0 saturated carbocycles. The van der Waals surface area contributed by atoms with Gasteiger partial charge in [0.2, 0.25) is 0 Å². The van der Waals surface area contributed by atoms with Crippen LogP contribution in [0.2, 0.25) is 0 Å². The SMILES string of the molecule is COc1ccc(NC(=O)C[N+]2=C3C=CSC3C(=O)N(Cc3ccc(C)c(C)c3)C2=O)cc1F. The molecule has 0 fully saturated rings. The van der Waals surface area contributed by atoms with Crippen LogP contribution in [0.1, 0.15) is 16.7 Å². The van der Waals surface area contributed by atoms with Gasteiger partial charge in [0.15, 0.2) is 23.4 Å². The minimum absolute atomic E-state index is 0.0613. The standard InChI is InChI=1S/C24H22FN3O4S/c1-14-4-5-16(10-15(14)2)12-28-23(30)22-19(8-9-33-22)27(24(28)31)13-21(29)26-17-6-7-20(32-3)18(25)11-17/h4-11,22H,12-13H2,1-3H3/p+1. The topological polar surface area (TPSA) is 78.7 Å². The first kappa shape index (κ1) is 22.7. The van der Waals surface area contributed by atoms with Crippen molar-refractivity contribution >= 4 is 41.0 Å². The van der Waals surface area contributed by atoms with Crippen LogP contribution in [0, 0.1) is 19.7 Å². The number of methoxy groups -OCH3 is 1. The molecule has 4 amide bonds. The first-order chi connectivity index (χ1) is 15.8. The molecule has 1 unspecified atom stereocenters. The van der Waals surface area contributed by atoms with E-state index in [1.807, 2.05) is 32.0 Å². The highest BCUT2D eigenvalue weighted by Crippen LogP contribution is 2.29. The van der Waals surface area contributed by atoms with Gasteiger partial charge < -0.3 is 10.1 Å². The Kier molecular flexibility index (Phi) is 6.33. The summed E-state index contributed by atoms with van der Waals surface area (Å²) in [6.07, 6.45) is 1.68. The zero-order valence-corrected chi connectivity index (χ0v) is 19.2. The Balaban J connectivity index is 1.56. The predicted octanol–water partition coefficient (Wildman–Crippen LogP) is 3.63. The molecule has 2 aromatic carbocycles. The summed E-state index contributed by atoms with van der Waals surface area (Å²) in [5, 5.41) is 3.76. The zero-order chi connectivity index (χ0) is 23.7. The number of carbonyl (C=O) groups excluding carboxylic acids is 3. The molecule has 2 aliphatic heterocycles. The number of carbonyl (C=O) groups is 3. The lowest BCUT2D eigenvalue weighted by atomic mass is 10.1. The van der Waals surface area contributed by atoms with Gasteiger partial charge in [0, 0.05) is 11.8 Å². The van der Waals surface area contributed by atoms with E-state index in [-0.39, 0.29) is 30.4 Å². The molecule has 4 rings (SSSR count). The van der Waals surface area contributed by atoms with Crippen LogP contribution >= 0.6 is 11.8 Å². The lowest BCUT2D eigenvalue weighted by molar-refractivity contribution is -0.426. The smallest absolute Gasteiger partial charge is 0.494 e. The molecule has 9 heteroatoms. The molecule has 0 radical (unpaired) electrons. The summed E-state index contributed by atoms with van der Waals surface area (Å²) >= 11 is 1.30. The summed E-state index contributed by atoms with van der Waals surface area (Å²) in [5.41, 5.74) is 3.73. The van der Waals surface area contributed by atoms with E-state index in [1.54, 1.807) is 11.5 Å². The summed E-state index contributed by atoms with van der Waals surface area (Å²) in [6.45, 7) is 3.78. The molecule has 0 aromatic heterocycles. The van der Waals surface area contributed by atoms with Gasteiger partial charge >= 0.3 is 11.9 Å². The first-order valence-corrected chi connectivity index (χ1v) is 11.2. The summed E-state index contributed by atoms with van der Waals surface area (Å²) in [6, 6.07) is 9.28. The number of thioether (sulfide) groups is 1. The molecule has 0 saturated heterocycles. The van der Waals surface area contributed by atoms with Crippen molar-refractivity contribution in [1.82, 2.24) is 4.90 Å². The van der Waals surface area contributed by atoms with Crippen LogP contribution in [-0.2, 0) is 16.1 Å². The molecule has 170 valence electrons. The first-order valence-electron chi connectivity index (χ1n) is 10.3. The normalized spacial score (nSPS) is 17.5. The number of halogens is 1. The van der Waals surface area contributed by atoms with Gasteiger partial charge in [0.25, 0.3) is 5.91 Å². The lowest BCUT2D eigenvalue weighted by Gasteiger charge is -2.24. The minimum Gasteiger partial charge on any atom is -0.494 e. The number of hydrogen-bond donors (Lipinski definition) is 1. The van der Waals surface area contributed by atoms with Crippen LogP contribution in [0.4, 0.5) is 14.9 Å². The molecule has 2 heterocycles. The highest BCUT2D eigenvalue weighted by molar-refractivity contribution is 8.04. The molecule has 0 spiro atoms. The number of urea groups is 1. The van der Waals surface area contributed by atoms with Gasteiger partial charge in [-0.2, -0.15) is 14.3 Å². The van der Waals surface area contributed by atoms with Crippen LogP contribution < -0.4 is 10.1 Å². The number of hydrogen-bond acceptors (Lipinski definition) is 5. The van der Waals surface area contributed by atoms with Crippen molar-refractivity contribution in [3.63, 3.8) is 0 Å². The van der Waals surface area contributed by atoms with Gasteiger partial charge in [-0.1, -0.05) is 18.2 Å². The van der Waals surface area contributed by atoms with Crippen molar-refractivity contribution in [1.29, 1.82) is 0 Å². The van der Waals surface area contributed by atoms with Crippen LogP contribution in [0.3, 0.4) is 0 Å². The van der Waals surface area contributed by atoms with E-state index < -0.39 is 23.0 Å². The molecule has 7 nitrogen and oxygen atoms in total. The van der Waals surface area contributed by atoms with Gasteiger partial charge in [-0.25, -0.2) is 9.18 Å². The third-order valence-electron chi connectivity index (χ3n) is 5.64. The van der Waals surface area contributed by atoms with Gasteiger partial charge in [0.05, 0.1) is 7.11 Å². The van der Waals surface area contributed by atoms with Gasteiger partial charge in [-0.15, -0.1) is 11.8 Å². The maximum Gasteiger partial charge on any atom is 0.501 e. The molecule has 33 heavy (non-hydrogen) atoms. The van der Waals surface area contributed by atoms with E-state index in [4.69, 9.17) is 4.74 Å². The summed E-state index contributed by atoms with van der Waals surface area (Å²) in [4.78, 5) is 40.2. The number of rotatable bonds is 6. The fourth-order valence-corrected chi connectivity index (χ4v) is 4.69. The number of imide groups is 1. The number of nitrogens with one attached hydrogen (secondary N) is 1. The number of nitrogens with zero attached hydrogens (tertiary/aromatic N) is 2. The number of anilines is 1. The van der Waals surface area contributed by atoms with Crippen molar-refractivity contribution in [3.05, 3.63) is 70.4 Å². The monoisotopic (exact) mass is 468 g/mol. The zero-order valence-electron chi connectivity index (χ0n) is 18.4. The van der Waals surface area contributed by atoms with Gasteiger partial charge in [0.1, 0.15) is 12.3 Å². The lowest BCUT2D eigenvalue weighted by Crippen LogP contribution is -2.55. The number of amides is 4. The van der Waals surface area contributed by atoms with E-state index >= 15 is 0 Å². The van der Waals surface area contributed by atoms with Crippen LogP contribution in [0.25, 0.3) is 0 Å². The average molecular weight is 469 g/mol. The Morgan fingerprint density at radius 3 is 2.67 bits per heavy atom. The van der Waals surface area contributed by atoms with Crippen LogP contribution in [-0.4, -0.2) is 51.9 Å². The van der Waals surface area contributed by atoms with Crippen molar-refractivity contribution < 1.29 is 28.1 Å². The summed E-state index contributed by atoms with van der Waals surface area (Å²) in [5.74, 6) is -1.37. The number of ether oxygens (including phenoxy) is 1. The molecule has 2 aliphatic rings. The number of fused-ring (bicyclic) bond motifs is 1. The fourth-order valence-electron chi connectivity index (χ4n) is 3.73. The average Bonchev–Trinajstić information content (AvgIpc) is 3.27. The van der Waals surface area contributed by atoms with Crippen molar-refractivity contribution in [2.24, 2.45) is 0 Å². The number of benzene rings is 2. The van der Waals surface area contributed by atoms with Crippen LogP contribution in [0.15, 0.2) is 47.9 Å². The Labute approximate surface area is 194 Å². The quantitative estimate of drug-likeness (QED) is 0.655. The molecule has 1 N–H and O–H groups in total. The molecule has 2 aromatic rings. The highest BCUT2D eigenvalue weighted by Gasteiger charge is 2.49. The van der Waals surface area contributed by atoms with Crippen molar-refractivity contribution in [3.8, 4) is 5.75 Å². The Bertz CT molecular complexity index is 1220.